The molecule has 2 fully saturated rings. The van der Waals surface area contributed by atoms with E-state index in [4.69, 9.17) is 4.98 Å². The Morgan fingerprint density at radius 3 is 2.44 bits per heavy atom. The van der Waals surface area contributed by atoms with E-state index in [2.05, 4.69) is 15.0 Å². The van der Waals surface area contributed by atoms with Gasteiger partial charge in [0.25, 0.3) is 0 Å². The summed E-state index contributed by atoms with van der Waals surface area (Å²) in [5.41, 5.74) is 0.00755. The first-order chi connectivity index (χ1) is 16.4. The summed E-state index contributed by atoms with van der Waals surface area (Å²) in [5, 5.41) is 4.29. The van der Waals surface area contributed by atoms with E-state index in [1.807, 2.05) is 37.3 Å². The van der Waals surface area contributed by atoms with Crippen LogP contribution in [0.1, 0.15) is 32.1 Å². The SMILES string of the molecule is CN(C)c1nc(N2CCC3(CCCC(=O)N3c3ccc(F)c(F)c3)CC2)cc(-n2cccn2)n1. The van der Waals surface area contributed by atoms with Gasteiger partial charge in [0.15, 0.2) is 17.5 Å². The average molecular weight is 468 g/mol. The maximum Gasteiger partial charge on any atom is 0.228 e. The third-order valence-electron chi connectivity index (χ3n) is 6.76. The molecule has 2 aliphatic heterocycles. The Morgan fingerprint density at radius 2 is 1.76 bits per heavy atom. The Labute approximate surface area is 196 Å². The lowest BCUT2D eigenvalue weighted by Gasteiger charge is -2.51. The molecule has 1 amide bonds. The van der Waals surface area contributed by atoms with E-state index < -0.39 is 17.2 Å². The summed E-state index contributed by atoms with van der Waals surface area (Å²) in [4.78, 5) is 28.1. The second-order valence-corrected chi connectivity index (χ2v) is 9.12. The van der Waals surface area contributed by atoms with Crippen molar-refractivity contribution in [2.24, 2.45) is 0 Å². The number of piperidine rings is 2. The zero-order chi connectivity index (χ0) is 23.9. The van der Waals surface area contributed by atoms with Crippen molar-refractivity contribution in [1.82, 2.24) is 19.7 Å². The van der Waals surface area contributed by atoms with Gasteiger partial charge >= 0.3 is 0 Å². The van der Waals surface area contributed by atoms with Crippen LogP contribution in [0.2, 0.25) is 0 Å². The molecule has 0 atom stereocenters. The fraction of sp³-hybridized carbons (Fsp3) is 0.417. The van der Waals surface area contributed by atoms with Gasteiger partial charge in [0.05, 0.1) is 5.54 Å². The number of anilines is 3. The third-order valence-corrected chi connectivity index (χ3v) is 6.76. The van der Waals surface area contributed by atoms with Gasteiger partial charge in [0.2, 0.25) is 11.9 Å². The molecular weight excluding hydrogens is 440 g/mol. The molecule has 10 heteroatoms. The molecule has 0 unspecified atom stereocenters. The second-order valence-electron chi connectivity index (χ2n) is 9.12. The summed E-state index contributed by atoms with van der Waals surface area (Å²) in [6.45, 7) is 1.35. The molecular formula is C24H27F2N7O. The van der Waals surface area contributed by atoms with E-state index in [-0.39, 0.29) is 5.91 Å². The van der Waals surface area contributed by atoms with Crippen molar-refractivity contribution in [2.75, 3.05) is 41.9 Å². The van der Waals surface area contributed by atoms with Gasteiger partial charge in [-0.1, -0.05) is 0 Å². The van der Waals surface area contributed by atoms with Gasteiger partial charge in [0.1, 0.15) is 5.82 Å². The van der Waals surface area contributed by atoms with Crippen LogP contribution in [0, 0.1) is 11.6 Å². The van der Waals surface area contributed by atoms with E-state index in [0.717, 1.165) is 30.8 Å². The average Bonchev–Trinajstić information content (AvgIpc) is 3.37. The molecule has 0 radical (unpaired) electrons. The van der Waals surface area contributed by atoms with Gasteiger partial charge in [-0.3, -0.25) is 4.79 Å². The van der Waals surface area contributed by atoms with Crippen LogP contribution in [0.4, 0.5) is 26.2 Å². The predicted octanol–water partition coefficient (Wildman–Crippen LogP) is 3.56. The highest BCUT2D eigenvalue weighted by atomic mass is 19.2. The third kappa shape index (κ3) is 3.97. The van der Waals surface area contributed by atoms with Gasteiger partial charge < -0.3 is 14.7 Å². The van der Waals surface area contributed by atoms with Crippen LogP contribution < -0.4 is 14.7 Å². The van der Waals surface area contributed by atoms with Crippen molar-refractivity contribution < 1.29 is 13.6 Å². The fourth-order valence-corrected chi connectivity index (χ4v) is 5.02. The van der Waals surface area contributed by atoms with Crippen molar-refractivity contribution in [1.29, 1.82) is 0 Å². The number of hydrogen-bond acceptors (Lipinski definition) is 6. The second kappa shape index (κ2) is 8.66. The van der Waals surface area contributed by atoms with E-state index in [0.29, 0.717) is 49.8 Å². The summed E-state index contributed by atoms with van der Waals surface area (Å²) in [7, 11) is 3.79. The number of carbonyl (C=O) groups excluding carboxylic acids is 1. The van der Waals surface area contributed by atoms with Gasteiger partial charge in [-0.2, -0.15) is 15.1 Å². The minimum absolute atomic E-state index is 0.0383. The first-order valence-electron chi connectivity index (χ1n) is 11.5. The quantitative estimate of drug-likeness (QED) is 0.585. The minimum atomic E-state index is -0.938. The number of hydrogen-bond donors (Lipinski definition) is 0. The number of halogens is 2. The van der Waals surface area contributed by atoms with E-state index >= 15 is 0 Å². The van der Waals surface area contributed by atoms with Crippen LogP contribution >= 0.6 is 0 Å². The smallest absolute Gasteiger partial charge is 0.228 e. The Balaban J connectivity index is 1.43. The van der Waals surface area contributed by atoms with Crippen molar-refractivity contribution in [3.63, 3.8) is 0 Å². The monoisotopic (exact) mass is 467 g/mol. The first kappa shape index (κ1) is 22.2. The first-order valence-corrected chi connectivity index (χ1v) is 11.5. The highest BCUT2D eigenvalue weighted by Crippen LogP contribution is 2.42. The fourth-order valence-electron chi connectivity index (χ4n) is 5.02. The summed E-state index contributed by atoms with van der Waals surface area (Å²) in [6, 6.07) is 7.48. The van der Waals surface area contributed by atoms with Crippen LogP contribution in [-0.4, -0.2) is 58.4 Å². The molecule has 34 heavy (non-hydrogen) atoms. The normalized spacial score (nSPS) is 17.9. The van der Waals surface area contributed by atoms with E-state index in [1.54, 1.807) is 15.8 Å². The van der Waals surface area contributed by atoms with Crippen LogP contribution in [0.15, 0.2) is 42.7 Å². The number of amides is 1. The lowest BCUT2D eigenvalue weighted by molar-refractivity contribution is -0.121. The van der Waals surface area contributed by atoms with Gasteiger partial charge in [-0.05, 0) is 43.9 Å². The summed E-state index contributed by atoms with van der Waals surface area (Å²) < 4.78 is 29.3. The summed E-state index contributed by atoms with van der Waals surface area (Å²) >= 11 is 0. The Bertz CT molecular complexity index is 1190. The molecule has 2 aliphatic rings. The molecule has 0 N–H and O–H groups in total. The number of carbonyl (C=O) groups is 1. The van der Waals surface area contributed by atoms with Crippen molar-refractivity contribution in [3.8, 4) is 5.82 Å². The Morgan fingerprint density at radius 1 is 1.00 bits per heavy atom. The Kier molecular flexibility index (Phi) is 5.66. The highest BCUT2D eigenvalue weighted by Gasteiger charge is 2.45. The van der Waals surface area contributed by atoms with Crippen LogP contribution in [0.25, 0.3) is 5.82 Å². The molecule has 178 valence electrons. The molecule has 3 aromatic rings. The van der Waals surface area contributed by atoms with Crippen molar-refractivity contribution in [2.45, 2.75) is 37.6 Å². The van der Waals surface area contributed by atoms with Crippen LogP contribution in [-0.2, 0) is 4.79 Å². The highest BCUT2D eigenvalue weighted by molar-refractivity contribution is 5.95. The predicted molar refractivity (Wildman–Crippen MR) is 125 cm³/mol. The zero-order valence-corrected chi connectivity index (χ0v) is 19.3. The topological polar surface area (TPSA) is 70.4 Å². The lowest BCUT2D eigenvalue weighted by Crippen LogP contribution is -2.60. The number of nitrogens with zero attached hydrogens (tertiary/aromatic N) is 7. The van der Waals surface area contributed by atoms with Crippen LogP contribution in [0.5, 0.6) is 0 Å². The van der Waals surface area contributed by atoms with Gasteiger partial charge in [-0.15, -0.1) is 0 Å². The molecule has 1 aromatic carbocycles. The standard InChI is InChI=1S/C24H27F2N7O/c1-30(2)23-28-20(16-21(29-23)32-12-4-11-27-32)31-13-9-24(10-14-31)8-3-5-22(34)33(24)17-6-7-18(25)19(26)15-17/h4,6-7,11-12,15-16H,3,5,8-10,13-14H2,1-2H3. The number of benzene rings is 1. The number of aromatic nitrogens is 4. The summed E-state index contributed by atoms with van der Waals surface area (Å²) in [5.74, 6) is 0.163. The molecule has 2 aromatic heterocycles. The lowest BCUT2D eigenvalue weighted by atomic mass is 9.78. The maximum atomic E-state index is 14.0. The summed E-state index contributed by atoms with van der Waals surface area (Å²) in [6.07, 6.45) is 6.98. The molecule has 0 saturated carbocycles. The maximum absolute atomic E-state index is 14.0. The minimum Gasteiger partial charge on any atom is -0.356 e. The van der Waals surface area contributed by atoms with Crippen molar-refractivity contribution in [3.05, 3.63) is 54.4 Å². The van der Waals surface area contributed by atoms with Gasteiger partial charge in [0, 0.05) is 63.8 Å². The molecule has 8 nitrogen and oxygen atoms in total. The molecule has 2 saturated heterocycles. The molecule has 0 aliphatic carbocycles. The van der Waals surface area contributed by atoms with E-state index in [9.17, 15) is 13.6 Å². The zero-order valence-electron chi connectivity index (χ0n) is 19.3. The van der Waals surface area contributed by atoms with E-state index in [1.165, 1.54) is 6.07 Å². The number of rotatable bonds is 4. The Hall–Kier alpha value is -3.56. The van der Waals surface area contributed by atoms with Gasteiger partial charge in [-0.25, -0.2) is 13.5 Å². The van der Waals surface area contributed by atoms with Crippen LogP contribution in [0.3, 0.4) is 0 Å². The largest absolute Gasteiger partial charge is 0.356 e. The molecule has 1 spiro atoms. The molecule has 4 heterocycles. The molecule has 0 bridgehead atoms. The molecule has 5 rings (SSSR count). The van der Waals surface area contributed by atoms with Crippen molar-refractivity contribution >= 4 is 23.4 Å².